The predicted octanol–water partition coefficient (Wildman–Crippen LogP) is 8.41. The van der Waals surface area contributed by atoms with E-state index < -0.39 is 0 Å². The Labute approximate surface area is 272 Å². The standard InChI is InChI=1S/C42H29N5/c43-39-25-31(28-13-15-29(16-14-28)32-7-5-23-44-26-32)19-22-40(39)47-46-34-20-17-30(18-21-34)41-35-9-1-3-11-37(35)42(33-8-6-24-45-27-33)38-12-4-2-10-36(38)41/h1-27,43,46H/p+1/b43-39?,47-40-. The lowest BCUT2D eigenvalue weighted by Crippen LogP contribution is -2.44. The van der Waals surface area contributed by atoms with Gasteiger partial charge in [-0.1, -0.05) is 103 Å². The topological polar surface area (TPSA) is 75.8 Å². The second-order valence-corrected chi connectivity index (χ2v) is 11.5. The maximum absolute atomic E-state index is 6.46. The molecule has 0 amide bonds. The van der Waals surface area contributed by atoms with Gasteiger partial charge in [0.2, 0.25) is 5.71 Å². The molecule has 3 N–H and O–H groups in total. The number of nitrogens with zero attached hydrogens (tertiary/aromatic N) is 3. The summed E-state index contributed by atoms with van der Waals surface area (Å²) in [5.74, 6) is 0. The van der Waals surface area contributed by atoms with Crippen molar-refractivity contribution < 1.29 is 5.41 Å². The van der Waals surface area contributed by atoms with E-state index in [1.807, 2.05) is 49.0 Å². The number of fused-ring (bicyclic) bond motifs is 2. The predicted molar refractivity (Wildman–Crippen MR) is 195 cm³/mol. The first-order valence-corrected chi connectivity index (χ1v) is 15.5. The lowest BCUT2D eigenvalue weighted by molar-refractivity contribution is -0.108. The molecule has 2 heterocycles. The fourth-order valence-electron chi connectivity index (χ4n) is 6.32. The van der Waals surface area contributed by atoms with Crippen molar-refractivity contribution >= 4 is 44.2 Å². The van der Waals surface area contributed by atoms with E-state index in [0.717, 1.165) is 39.1 Å². The van der Waals surface area contributed by atoms with Crippen LogP contribution in [-0.2, 0) is 0 Å². The Bertz CT molecular complexity index is 2300. The first kappa shape index (κ1) is 28.0. The van der Waals surface area contributed by atoms with Gasteiger partial charge in [0.1, 0.15) is 0 Å². The van der Waals surface area contributed by atoms with Crippen molar-refractivity contribution in [3.8, 4) is 33.4 Å². The number of nitrogens with two attached hydrogens (primary N) is 1. The van der Waals surface area contributed by atoms with Gasteiger partial charge < -0.3 is 0 Å². The maximum Gasteiger partial charge on any atom is 0.225 e. The van der Waals surface area contributed by atoms with Crippen molar-refractivity contribution in [3.05, 3.63) is 170 Å². The Morgan fingerprint density at radius 1 is 0.489 bits per heavy atom. The molecular formula is C42H30N5+. The molecule has 0 saturated carbocycles. The van der Waals surface area contributed by atoms with Crippen LogP contribution in [0, 0.1) is 0 Å². The lowest BCUT2D eigenvalue weighted by atomic mass is 9.86. The maximum atomic E-state index is 6.46. The van der Waals surface area contributed by atoms with Crippen LogP contribution in [0.5, 0.6) is 0 Å². The van der Waals surface area contributed by atoms with Crippen LogP contribution < -0.4 is 10.8 Å². The Morgan fingerprint density at radius 2 is 1.02 bits per heavy atom. The molecule has 47 heavy (non-hydrogen) atoms. The fourth-order valence-corrected chi connectivity index (χ4v) is 6.32. The van der Waals surface area contributed by atoms with Crippen LogP contribution in [0.3, 0.4) is 0 Å². The highest BCUT2D eigenvalue weighted by Crippen LogP contribution is 2.43. The summed E-state index contributed by atoms with van der Waals surface area (Å²) in [4.78, 5) is 8.63. The zero-order valence-electron chi connectivity index (χ0n) is 25.5. The van der Waals surface area contributed by atoms with E-state index in [1.54, 1.807) is 6.20 Å². The quantitative estimate of drug-likeness (QED) is 0.114. The van der Waals surface area contributed by atoms with Crippen molar-refractivity contribution in [1.82, 2.24) is 9.97 Å². The van der Waals surface area contributed by atoms with Crippen LogP contribution in [0.1, 0.15) is 5.56 Å². The van der Waals surface area contributed by atoms with Crippen molar-refractivity contribution in [1.29, 1.82) is 0 Å². The molecule has 8 rings (SSSR count). The Balaban J connectivity index is 1.05. The lowest BCUT2D eigenvalue weighted by Gasteiger charge is -2.17. The van der Waals surface area contributed by atoms with Crippen LogP contribution in [0.25, 0.3) is 60.5 Å². The second kappa shape index (κ2) is 12.1. The van der Waals surface area contributed by atoms with Crippen molar-refractivity contribution in [2.24, 2.45) is 5.10 Å². The molecule has 1 aliphatic carbocycles. The molecule has 7 aromatic rings. The monoisotopic (exact) mass is 604 g/mol. The van der Waals surface area contributed by atoms with Gasteiger partial charge in [-0.2, -0.15) is 5.10 Å². The summed E-state index contributed by atoms with van der Waals surface area (Å²) < 4.78 is 0. The van der Waals surface area contributed by atoms with Gasteiger partial charge in [0.05, 0.1) is 5.69 Å². The highest BCUT2D eigenvalue weighted by molar-refractivity contribution is 6.50. The van der Waals surface area contributed by atoms with E-state index in [0.29, 0.717) is 11.4 Å². The molecule has 1 aliphatic rings. The zero-order chi connectivity index (χ0) is 31.6. The van der Waals surface area contributed by atoms with Crippen molar-refractivity contribution in [3.63, 3.8) is 0 Å². The number of aromatic nitrogens is 2. The number of benzene rings is 5. The summed E-state index contributed by atoms with van der Waals surface area (Å²) in [5, 5.41) is 15.9. The van der Waals surface area contributed by atoms with E-state index in [2.05, 4.69) is 130 Å². The SMILES string of the molecule is [NH2+]=C1C=C(c2ccc(-c3cccnc3)cc2)C=C/C1=N/Nc1ccc(-c2c3ccccc3c(-c3cccnc3)c3ccccc23)cc1. The number of hydrogen-bond donors (Lipinski definition) is 2. The molecule has 0 unspecified atom stereocenters. The number of pyridine rings is 2. The normalized spacial score (nSPS) is 13.7. The van der Waals surface area contributed by atoms with E-state index in [-0.39, 0.29) is 0 Å². The van der Waals surface area contributed by atoms with Gasteiger partial charge in [-0.3, -0.25) is 20.8 Å². The van der Waals surface area contributed by atoms with Gasteiger partial charge in [0.15, 0.2) is 5.71 Å². The smallest absolute Gasteiger partial charge is 0.225 e. The highest BCUT2D eigenvalue weighted by atomic mass is 15.3. The zero-order valence-corrected chi connectivity index (χ0v) is 25.5. The minimum Gasteiger partial charge on any atom is -0.278 e. The van der Waals surface area contributed by atoms with Crippen LogP contribution in [0.4, 0.5) is 5.69 Å². The molecule has 5 heteroatoms. The molecular weight excluding hydrogens is 574 g/mol. The minimum atomic E-state index is 0.606. The number of hydrogen-bond acceptors (Lipinski definition) is 4. The van der Waals surface area contributed by atoms with Crippen LogP contribution in [0.2, 0.25) is 0 Å². The van der Waals surface area contributed by atoms with Crippen molar-refractivity contribution in [2.75, 3.05) is 5.43 Å². The summed E-state index contributed by atoms with van der Waals surface area (Å²) in [6.07, 6.45) is 13.4. The average Bonchev–Trinajstić information content (AvgIpc) is 3.14. The largest absolute Gasteiger partial charge is 0.278 e. The summed E-state index contributed by atoms with van der Waals surface area (Å²) in [6.45, 7) is 0. The van der Waals surface area contributed by atoms with E-state index in [9.17, 15) is 0 Å². The summed E-state index contributed by atoms with van der Waals surface area (Å²) in [7, 11) is 0. The number of nitrogens with one attached hydrogen (secondary N) is 1. The van der Waals surface area contributed by atoms with Gasteiger partial charge in [0.25, 0.3) is 0 Å². The van der Waals surface area contributed by atoms with Crippen molar-refractivity contribution in [2.45, 2.75) is 0 Å². The molecule has 5 aromatic carbocycles. The van der Waals surface area contributed by atoms with E-state index in [1.165, 1.54) is 32.7 Å². The Hall–Kier alpha value is -6.46. The molecule has 5 nitrogen and oxygen atoms in total. The van der Waals surface area contributed by atoms with Crippen LogP contribution in [0.15, 0.2) is 169 Å². The first-order valence-electron chi connectivity index (χ1n) is 15.5. The van der Waals surface area contributed by atoms with Crippen LogP contribution in [-0.4, -0.2) is 21.4 Å². The summed E-state index contributed by atoms with van der Waals surface area (Å²) in [5.41, 5.74) is 14.4. The summed E-state index contributed by atoms with van der Waals surface area (Å²) >= 11 is 0. The van der Waals surface area contributed by atoms with Gasteiger partial charge in [-0.05, 0) is 90.8 Å². The molecule has 0 spiro atoms. The molecule has 222 valence electrons. The van der Waals surface area contributed by atoms with E-state index in [4.69, 9.17) is 5.41 Å². The molecule has 0 saturated heterocycles. The molecule has 0 bridgehead atoms. The van der Waals surface area contributed by atoms with E-state index >= 15 is 0 Å². The third-order valence-electron chi connectivity index (χ3n) is 8.60. The Morgan fingerprint density at radius 3 is 1.57 bits per heavy atom. The Kier molecular flexibility index (Phi) is 7.25. The first-order chi connectivity index (χ1) is 23.2. The van der Waals surface area contributed by atoms with Crippen LogP contribution >= 0.6 is 0 Å². The second-order valence-electron chi connectivity index (χ2n) is 11.5. The number of anilines is 1. The minimum absolute atomic E-state index is 0.606. The van der Waals surface area contributed by atoms with Gasteiger partial charge >= 0.3 is 0 Å². The van der Waals surface area contributed by atoms with Gasteiger partial charge in [-0.15, -0.1) is 0 Å². The van der Waals surface area contributed by atoms with Gasteiger partial charge in [-0.25, -0.2) is 0 Å². The van der Waals surface area contributed by atoms with Gasteiger partial charge in [0, 0.05) is 36.4 Å². The fraction of sp³-hybridized carbons (Fsp3) is 0. The number of hydrazone groups is 1. The molecule has 0 fully saturated rings. The molecule has 0 atom stereocenters. The molecule has 0 aliphatic heterocycles. The molecule has 2 aromatic heterocycles. The third kappa shape index (κ3) is 5.40. The average molecular weight is 605 g/mol. The number of allylic oxidation sites excluding steroid dienone is 4. The molecule has 0 radical (unpaired) electrons. The highest BCUT2D eigenvalue weighted by Gasteiger charge is 2.17. The summed E-state index contributed by atoms with van der Waals surface area (Å²) in [6, 6.07) is 42.2. The number of rotatable bonds is 6. The third-order valence-corrected chi connectivity index (χ3v) is 8.60.